The van der Waals surface area contributed by atoms with Gasteiger partial charge in [0.2, 0.25) is 5.91 Å². The van der Waals surface area contributed by atoms with Crippen molar-refractivity contribution in [3.8, 4) is 0 Å². The number of hydrogen-bond donors (Lipinski definition) is 2. The molecule has 0 aromatic carbocycles. The fourth-order valence-electron chi connectivity index (χ4n) is 1.95. The Kier molecular flexibility index (Phi) is 4.31. The van der Waals surface area contributed by atoms with Crippen molar-refractivity contribution in [2.24, 2.45) is 5.73 Å². The molecular formula is C12H19N3O2S. The van der Waals surface area contributed by atoms with E-state index in [0.29, 0.717) is 32.6 Å². The summed E-state index contributed by atoms with van der Waals surface area (Å²) in [5.74, 6) is 0.145. The molecule has 3 N–H and O–H groups in total. The zero-order valence-electron chi connectivity index (χ0n) is 10.5. The van der Waals surface area contributed by atoms with Crippen molar-refractivity contribution in [1.29, 1.82) is 0 Å². The third kappa shape index (κ3) is 3.07. The topological polar surface area (TPSA) is 77.2 Å². The van der Waals surface area contributed by atoms with Gasteiger partial charge in [0.15, 0.2) is 0 Å². The number of nitrogens with two attached hydrogens (primary N) is 1. The minimum atomic E-state index is -0.763. The minimum Gasteiger partial charge on any atom is -0.381 e. The summed E-state index contributed by atoms with van der Waals surface area (Å²) in [6.45, 7) is 3.75. The summed E-state index contributed by atoms with van der Waals surface area (Å²) in [6.07, 6.45) is 2.95. The summed E-state index contributed by atoms with van der Waals surface area (Å²) >= 11 is 1.60. The molecule has 1 unspecified atom stereocenters. The van der Waals surface area contributed by atoms with E-state index < -0.39 is 5.54 Å². The lowest BCUT2D eigenvalue weighted by molar-refractivity contribution is -0.129. The van der Waals surface area contributed by atoms with Crippen LogP contribution in [-0.4, -0.2) is 36.2 Å². The molecule has 1 saturated heterocycles. The minimum absolute atomic E-state index is 0.0748. The number of rotatable bonds is 4. The molecule has 1 aliphatic rings. The molecule has 0 saturated carbocycles. The van der Waals surface area contributed by atoms with Gasteiger partial charge in [-0.3, -0.25) is 4.79 Å². The maximum atomic E-state index is 12.1. The maximum Gasteiger partial charge on any atom is 0.240 e. The number of nitrogens with zero attached hydrogens (tertiary/aromatic N) is 1. The Labute approximate surface area is 111 Å². The van der Waals surface area contributed by atoms with Crippen molar-refractivity contribution in [2.75, 3.05) is 19.8 Å². The van der Waals surface area contributed by atoms with E-state index >= 15 is 0 Å². The van der Waals surface area contributed by atoms with Crippen molar-refractivity contribution in [2.45, 2.75) is 31.2 Å². The normalized spacial score (nSPS) is 20.3. The second-order valence-corrected chi connectivity index (χ2v) is 5.68. The second-order valence-electron chi connectivity index (χ2n) is 4.75. The lowest BCUT2D eigenvalue weighted by Gasteiger charge is -2.32. The average molecular weight is 269 g/mol. The molecule has 1 aromatic rings. The van der Waals surface area contributed by atoms with E-state index in [0.717, 1.165) is 5.01 Å². The molecule has 18 heavy (non-hydrogen) atoms. The van der Waals surface area contributed by atoms with Gasteiger partial charge in [0, 0.05) is 37.3 Å². The van der Waals surface area contributed by atoms with Gasteiger partial charge in [0.05, 0.1) is 10.5 Å². The van der Waals surface area contributed by atoms with Gasteiger partial charge in [-0.2, -0.15) is 0 Å². The van der Waals surface area contributed by atoms with Crippen LogP contribution in [0.1, 0.15) is 30.7 Å². The van der Waals surface area contributed by atoms with Crippen LogP contribution in [0.3, 0.4) is 0 Å². The van der Waals surface area contributed by atoms with Gasteiger partial charge >= 0.3 is 0 Å². The molecular weight excluding hydrogens is 250 g/mol. The third-order valence-corrected chi connectivity index (χ3v) is 4.29. The molecule has 6 heteroatoms. The molecule has 1 fully saturated rings. The molecule has 2 heterocycles. The molecule has 0 bridgehead atoms. The van der Waals surface area contributed by atoms with E-state index in [9.17, 15) is 4.79 Å². The summed E-state index contributed by atoms with van der Waals surface area (Å²) in [6, 6.07) is 0. The molecule has 1 aliphatic heterocycles. The standard InChI is InChI=1S/C12H19N3O2S/c1-9(10-14-4-7-18-10)8-15-11(16)12(13)2-5-17-6-3-12/h4,7,9H,2-3,5-6,8,13H2,1H3,(H,15,16). The van der Waals surface area contributed by atoms with Crippen LogP contribution in [0.5, 0.6) is 0 Å². The third-order valence-electron chi connectivity index (χ3n) is 3.28. The van der Waals surface area contributed by atoms with Gasteiger partial charge in [-0.25, -0.2) is 4.98 Å². The van der Waals surface area contributed by atoms with E-state index in [1.54, 1.807) is 17.5 Å². The number of amides is 1. The Hall–Kier alpha value is -0.980. The number of nitrogens with one attached hydrogen (secondary N) is 1. The van der Waals surface area contributed by atoms with Crippen LogP contribution in [0.25, 0.3) is 0 Å². The number of thiazole rings is 1. The fourth-order valence-corrected chi connectivity index (χ4v) is 2.65. The Bertz CT molecular complexity index is 388. The number of ether oxygens (including phenoxy) is 1. The van der Waals surface area contributed by atoms with Crippen molar-refractivity contribution < 1.29 is 9.53 Å². The van der Waals surface area contributed by atoms with Crippen LogP contribution in [0.2, 0.25) is 0 Å². The highest BCUT2D eigenvalue weighted by Gasteiger charge is 2.35. The molecule has 0 spiro atoms. The molecule has 1 atom stereocenters. The Balaban J connectivity index is 1.84. The predicted octanol–water partition coefficient (Wildman–Crippen LogP) is 0.871. The van der Waals surface area contributed by atoms with E-state index in [4.69, 9.17) is 10.5 Å². The summed E-state index contributed by atoms with van der Waals surface area (Å²) in [7, 11) is 0. The van der Waals surface area contributed by atoms with Crippen molar-refractivity contribution in [3.05, 3.63) is 16.6 Å². The average Bonchev–Trinajstić information content (AvgIpc) is 2.90. The molecule has 1 amide bonds. The maximum absolute atomic E-state index is 12.1. The molecule has 0 aliphatic carbocycles. The Morgan fingerprint density at radius 2 is 2.39 bits per heavy atom. The summed E-state index contributed by atoms with van der Waals surface area (Å²) in [4.78, 5) is 16.3. The number of carbonyl (C=O) groups excluding carboxylic acids is 1. The second kappa shape index (κ2) is 5.77. The molecule has 100 valence electrons. The largest absolute Gasteiger partial charge is 0.381 e. The van der Waals surface area contributed by atoms with Crippen LogP contribution in [0.15, 0.2) is 11.6 Å². The van der Waals surface area contributed by atoms with Crippen molar-refractivity contribution in [1.82, 2.24) is 10.3 Å². The summed E-state index contributed by atoms with van der Waals surface area (Å²) < 4.78 is 5.23. The Morgan fingerprint density at radius 1 is 1.67 bits per heavy atom. The highest BCUT2D eigenvalue weighted by molar-refractivity contribution is 7.09. The van der Waals surface area contributed by atoms with E-state index in [1.165, 1.54) is 0 Å². The summed E-state index contributed by atoms with van der Waals surface area (Å²) in [5, 5.41) is 5.90. The van der Waals surface area contributed by atoms with Crippen LogP contribution in [0, 0.1) is 0 Å². The smallest absolute Gasteiger partial charge is 0.240 e. The first-order chi connectivity index (χ1) is 8.62. The lowest BCUT2D eigenvalue weighted by atomic mass is 9.90. The molecule has 0 radical (unpaired) electrons. The first-order valence-corrected chi connectivity index (χ1v) is 7.04. The first kappa shape index (κ1) is 13.5. The quantitative estimate of drug-likeness (QED) is 0.850. The predicted molar refractivity (Wildman–Crippen MR) is 70.5 cm³/mol. The van der Waals surface area contributed by atoms with Crippen LogP contribution in [-0.2, 0) is 9.53 Å². The zero-order valence-corrected chi connectivity index (χ0v) is 11.3. The van der Waals surface area contributed by atoms with Gasteiger partial charge in [-0.1, -0.05) is 6.92 Å². The van der Waals surface area contributed by atoms with Gasteiger partial charge < -0.3 is 15.8 Å². The van der Waals surface area contributed by atoms with E-state index in [2.05, 4.69) is 10.3 Å². The first-order valence-electron chi connectivity index (χ1n) is 6.16. The fraction of sp³-hybridized carbons (Fsp3) is 0.667. The monoisotopic (exact) mass is 269 g/mol. The molecule has 1 aromatic heterocycles. The van der Waals surface area contributed by atoms with E-state index in [-0.39, 0.29) is 11.8 Å². The van der Waals surface area contributed by atoms with Gasteiger partial charge in [0.1, 0.15) is 0 Å². The zero-order chi connectivity index (χ0) is 13.0. The SMILES string of the molecule is CC(CNC(=O)C1(N)CCOCC1)c1nccs1. The number of carbonyl (C=O) groups is 1. The molecule has 5 nitrogen and oxygen atoms in total. The van der Waals surface area contributed by atoms with E-state index in [1.807, 2.05) is 12.3 Å². The highest BCUT2D eigenvalue weighted by atomic mass is 32.1. The Morgan fingerprint density at radius 3 is 3.00 bits per heavy atom. The summed E-state index contributed by atoms with van der Waals surface area (Å²) in [5.41, 5.74) is 5.34. The number of aromatic nitrogens is 1. The van der Waals surface area contributed by atoms with Crippen LogP contribution >= 0.6 is 11.3 Å². The van der Waals surface area contributed by atoms with Crippen molar-refractivity contribution in [3.63, 3.8) is 0 Å². The van der Waals surface area contributed by atoms with Crippen LogP contribution < -0.4 is 11.1 Å². The van der Waals surface area contributed by atoms with Crippen molar-refractivity contribution >= 4 is 17.2 Å². The van der Waals surface area contributed by atoms with Gasteiger partial charge in [-0.15, -0.1) is 11.3 Å². The number of hydrogen-bond acceptors (Lipinski definition) is 5. The molecule has 2 rings (SSSR count). The lowest BCUT2D eigenvalue weighted by Crippen LogP contribution is -2.57. The van der Waals surface area contributed by atoms with Gasteiger partial charge in [0.25, 0.3) is 0 Å². The van der Waals surface area contributed by atoms with Gasteiger partial charge in [-0.05, 0) is 12.8 Å². The van der Waals surface area contributed by atoms with Crippen LogP contribution in [0.4, 0.5) is 0 Å². The highest BCUT2D eigenvalue weighted by Crippen LogP contribution is 2.19.